The van der Waals surface area contributed by atoms with E-state index >= 15 is 0 Å². The number of pyridine rings is 3. The molecule has 9 nitrogen and oxygen atoms in total. The number of ketones is 1. The molecule has 0 fully saturated rings. The van der Waals surface area contributed by atoms with Gasteiger partial charge in [0.15, 0.2) is 11.4 Å². The third kappa shape index (κ3) is 4.55. The van der Waals surface area contributed by atoms with Crippen molar-refractivity contribution in [1.29, 1.82) is 0 Å². The van der Waals surface area contributed by atoms with Crippen LogP contribution in [-0.4, -0.2) is 68.1 Å². The molecule has 0 aliphatic carbocycles. The van der Waals surface area contributed by atoms with Gasteiger partial charge in [0.1, 0.15) is 12.4 Å². The summed E-state index contributed by atoms with van der Waals surface area (Å²) in [5.41, 5.74) is 5.94. The number of Topliss-reactive ketones (excluding diaryl/α,β-unsaturated/α-hetero) is 1. The number of hydrogen-bond donors (Lipinski definition) is 2. The van der Waals surface area contributed by atoms with E-state index in [0.29, 0.717) is 18.0 Å². The highest BCUT2D eigenvalue weighted by Gasteiger charge is 2.17. The molecule has 0 saturated heterocycles. The molecule has 6 aromatic heterocycles. The van der Waals surface area contributed by atoms with Crippen molar-refractivity contribution < 1.29 is 9.53 Å². The lowest BCUT2D eigenvalue weighted by molar-refractivity contribution is 0.102. The van der Waals surface area contributed by atoms with Crippen LogP contribution in [0.5, 0.6) is 5.75 Å². The largest absolute Gasteiger partial charge is 0.491 e. The molecule has 0 bridgehead atoms. The van der Waals surface area contributed by atoms with Gasteiger partial charge in [-0.3, -0.25) is 19.9 Å². The van der Waals surface area contributed by atoms with E-state index in [-0.39, 0.29) is 5.78 Å². The van der Waals surface area contributed by atoms with E-state index in [1.165, 1.54) is 11.3 Å². The highest BCUT2D eigenvalue weighted by molar-refractivity contribution is 7.17. The summed E-state index contributed by atoms with van der Waals surface area (Å²) >= 11 is 1.45. The molecule has 0 atom stereocenters. The highest BCUT2D eigenvalue weighted by Crippen LogP contribution is 2.36. The number of fused-ring (bicyclic) bond motifs is 2. The number of thiophene rings is 1. The van der Waals surface area contributed by atoms with Gasteiger partial charge in [-0.25, -0.2) is 4.98 Å². The van der Waals surface area contributed by atoms with Crippen molar-refractivity contribution in [3.8, 4) is 38.8 Å². The normalized spacial score (nSPS) is 11.6. The molecule has 0 aliphatic heterocycles. The Balaban J connectivity index is 1.37. The van der Waals surface area contributed by atoms with Gasteiger partial charge in [-0.2, -0.15) is 5.10 Å². The molecule has 0 spiro atoms. The van der Waals surface area contributed by atoms with Gasteiger partial charge in [0, 0.05) is 52.6 Å². The lowest BCUT2D eigenvalue weighted by Crippen LogP contribution is -2.19. The van der Waals surface area contributed by atoms with E-state index in [4.69, 9.17) is 4.74 Å². The molecule has 0 saturated carbocycles. The molecular formula is C28H25N7O2S. The Morgan fingerprint density at radius 2 is 1.89 bits per heavy atom. The van der Waals surface area contributed by atoms with Gasteiger partial charge in [0.2, 0.25) is 0 Å². The van der Waals surface area contributed by atoms with Crippen molar-refractivity contribution >= 4 is 39.1 Å². The maximum Gasteiger partial charge on any atom is 0.181 e. The first-order chi connectivity index (χ1) is 18.5. The van der Waals surface area contributed by atoms with E-state index in [1.54, 1.807) is 31.7 Å². The second-order valence-corrected chi connectivity index (χ2v) is 10.4. The van der Waals surface area contributed by atoms with Crippen LogP contribution in [0.3, 0.4) is 0 Å². The van der Waals surface area contributed by atoms with Crippen LogP contribution in [-0.2, 0) is 0 Å². The summed E-state index contributed by atoms with van der Waals surface area (Å²) in [4.78, 5) is 32.6. The summed E-state index contributed by atoms with van der Waals surface area (Å²) < 4.78 is 5.87. The van der Waals surface area contributed by atoms with Crippen LogP contribution in [0.15, 0.2) is 61.2 Å². The van der Waals surface area contributed by atoms with E-state index in [2.05, 4.69) is 47.2 Å². The van der Waals surface area contributed by atoms with Gasteiger partial charge >= 0.3 is 0 Å². The standard InChI is InChI=1S/C28H25N7O2S/c1-16(36)24-4-5-25(38-24)27-20-12-23(32-22(20)6-7-30-27)26-21-11-18(14-31-28(21)34-33-26)17-10-19(15-29-13-17)37-9-8-35(2)3/h4-7,10-15,32H,8-9H2,1-3H3,(H,31,33,34). The first kappa shape index (κ1) is 24.0. The SMILES string of the molecule is CC(=O)c1ccc(-c2nccc3[nH]c(-c4[nH]nc5ncc(-c6cncc(OCCN(C)C)c6)cc45)cc23)s1. The summed E-state index contributed by atoms with van der Waals surface area (Å²) in [6.45, 7) is 2.98. The summed E-state index contributed by atoms with van der Waals surface area (Å²) in [5, 5.41) is 9.43. The van der Waals surface area contributed by atoms with Crippen molar-refractivity contribution in [2.45, 2.75) is 6.92 Å². The Hall–Kier alpha value is -4.41. The maximum atomic E-state index is 11.8. The van der Waals surface area contributed by atoms with Gasteiger partial charge in [0.05, 0.1) is 33.0 Å². The van der Waals surface area contributed by atoms with Gasteiger partial charge in [-0.05, 0) is 57.4 Å². The smallest absolute Gasteiger partial charge is 0.181 e. The number of carbonyl (C=O) groups is 1. The molecule has 0 aliphatic rings. The zero-order valence-corrected chi connectivity index (χ0v) is 22.0. The van der Waals surface area contributed by atoms with E-state index in [1.807, 2.05) is 38.4 Å². The predicted molar refractivity (Wildman–Crippen MR) is 150 cm³/mol. The first-order valence-corrected chi connectivity index (χ1v) is 12.9. The van der Waals surface area contributed by atoms with Crippen molar-refractivity contribution in [3.05, 3.63) is 66.1 Å². The third-order valence-electron chi connectivity index (χ3n) is 6.27. The molecule has 6 heterocycles. The summed E-state index contributed by atoms with van der Waals surface area (Å²) in [7, 11) is 4.02. The van der Waals surface area contributed by atoms with Crippen molar-refractivity contribution in [2.24, 2.45) is 0 Å². The molecule has 0 radical (unpaired) electrons. The number of rotatable bonds is 8. The Kier molecular flexibility index (Phi) is 6.18. The minimum atomic E-state index is 0.0521. The zero-order chi connectivity index (χ0) is 26.2. The Bertz CT molecular complexity index is 1780. The summed E-state index contributed by atoms with van der Waals surface area (Å²) in [6, 6.07) is 11.8. The number of hydrogen-bond acceptors (Lipinski definition) is 8. The fraction of sp³-hybridized carbons (Fsp3) is 0.179. The molecular weight excluding hydrogens is 498 g/mol. The number of carbonyl (C=O) groups excluding carboxylic acids is 1. The lowest BCUT2D eigenvalue weighted by Gasteiger charge is -2.11. The van der Waals surface area contributed by atoms with Gasteiger partial charge in [0.25, 0.3) is 0 Å². The van der Waals surface area contributed by atoms with Crippen molar-refractivity contribution in [2.75, 3.05) is 27.2 Å². The Labute approximate surface area is 222 Å². The highest BCUT2D eigenvalue weighted by atomic mass is 32.1. The van der Waals surface area contributed by atoms with Gasteiger partial charge in [-0.15, -0.1) is 11.3 Å². The molecule has 0 unspecified atom stereocenters. The Morgan fingerprint density at radius 1 is 1.03 bits per heavy atom. The minimum absolute atomic E-state index is 0.0521. The number of aromatic amines is 2. The quantitative estimate of drug-likeness (QED) is 0.256. The molecule has 10 heteroatoms. The third-order valence-corrected chi connectivity index (χ3v) is 7.46. The number of likely N-dealkylation sites (N-methyl/N-ethyl adjacent to an activating group) is 1. The summed E-state index contributed by atoms with van der Waals surface area (Å²) in [6.07, 6.45) is 7.09. The van der Waals surface area contributed by atoms with Crippen molar-refractivity contribution in [3.63, 3.8) is 0 Å². The monoisotopic (exact) mass is 523 g/mol. The van der Waals surface area contributed by atoms with E-state index in [9.17, 15) is 4.79 Å². The Morgan fingerprint density at radius 3 is 2.71 bits per heavy atom. The topological polar surface area (TPSA) is 113 Å². The van der Waals surface area contributed by atoms with Crippen LogP contribution < -0.4 is 4.74 Å². The number of nitrogens with one attached hydrogen (secondary N) is 2. The fourth-order valence-electron chi connectivity index (χ4n) is 4.30. The molecule has 0 amide bonds. The fourth-order valence-corrected chi connectivity index (χ4v) is 5.22. The molecule has 6 aromatic rings. The zero-order valence-electron chi connectivity index (χ0n) is 21.1. The minimum Gasteiger partial charge on any atom is -0.491 e. The number of H-pyrrole nitrogens is 2. The van der Waals surface area contributed by atoms with Gasteiger partial charge in [-0.1, -0.05) is 0 Å². The number of nitrogens with zero attached hydrogens (tertiary/aromatic N) is 5. The molecule has 190 valence electrons. The van der Waals surface area contributed by atoms with E-state index in [0.717, 1.165) is 60.8 Å². The van der Waals surface area contributed by atoms with E-state index < -0.39 is 0 Å². The molecule has 38 heavy (non-hydrogen) atoms. The molecule has 0 aromatic carbocycles. The van der Waals surface area contributed by atoms with Crippen LogP contribution in [0, 0.1) is 0 Å². The van der Waals surface area contributed by atoms with Crippen LogP contribution in [0.1, 0.15) is 16.6 Å². The second-order valence-electron chi connectivity index (χ2n) is 9.28. The van der Waals surface area contributed by atoms with Gasteiger partial charge < -0.3 is 14.6 Å². The molecule has 6 rings (SSSR count). The van der Waals surface area contributed by atoms with Crippen LogP contribution in [0.4, 0.5) is 0 Å². The summed E-state index contributed by atoms with van der Waals surface area (Å²) in [5.74, 6) is 0.769. The lowest BCUT2D eigenvalue weighted by atomic mass is 10.1. The molecule has 2 N–H and O–H groups in total. The van der Waals surface area contributed by atoms with Crippen LogP contribution >= 0.6 is 11.3 Å². The maximum absolute atomic E-state index is 11.8. The van der Waals surface area contributed by atoms with Crippen LogP contribution in [0.25, 0.3) is 55.0 Å². The number of ether oxygens (including phenoxy) is 1. The average Bonchev–Trinajstić information content (AvgIpc) is 3.66. The predicted octanol–water partition coefficient (Wildman–Crippen LogP) is 5.43. The average molecular weight is 524 g/mol. The van der Waals surface area contributed by atoms with Crippen molar-refractivity contribution in [1.82, 2.24) is 35.0 Å². The number of aromatic nitrogens is 6. The van der Waals surface area contributed by atoms with Crippen LogP contribution in [0.2, 0.25) is 0 Å². The second kappa shape index (κ2) is 9.81. The first-order valence-electron chi connectivity index (χ1n) is 12.1.